The van der Waals surface area contributed by atoms with E-state index in [1.54, 1.807) is 23.8 Å². The molecule has 0 bridgehead atoms. The van der Waals surface area contributed by atoms with Crippen LogP contribution in [0.4, 0.5) is 5.82 Å². The number of fused-ring (bicyclic) bond motifs is 1. The highest BCUT2D eigenvalue weighted by Crippen LogP contribution is 2.21. The van der Waals surface area contributed by atoms with Gasteiger partial charge in [-0.25, -0.2) is 4.98 Å². The van der Waals surface area contributed by atoms with Crippen LogP contribution in [0.3, 0.4) is 0 Å². The minimum atomic E-state index is -0.373. The Morgan fingerprint density at radius 1 is 1.19 bits per heavy atom. The lowest BCUT2D eigenvalue weighted by Crippen LogP contribution is -2.29. The van der Waals surface area contributed by atoms with E-state index in [4.69, 9.17) is 21.1 Å². The van der Waals surface area contributed by atoms with Gasteiger partial charge in [-0.05, 0) is 41.8 Å². The van der Waals surface area contributed by atoms with Crippen molar-refractivity contribution in [3.63, 3.8) is 0 Å². The number of carbonyl (C=O) groups is 1. The first-order chi connectivity index (χ1) is 15.0. The molecular weight excluding hydrogens is 418 g/mol. The van der Waals surface area contributed by atoms with Crippen molar-refractivity contribution in [1.29, 1.82) is 0 Å². The molecule has 0 atom stereocenters. The van der Waals surface area contributed by atoms with Gasteiger partial charge >= 0.3 is 0 Å². The summed E-state index contributed by atoms with van der Waals surface area (Å²) in [6.45, 7) is 1.40. The molecule has 1 N–H and O–H groups in total. The molecule has 1 amide bonds. The predicted molar refractivity (Wildman–Crippen MR) is 118 cm³/mol. The minimum Gasteiger partial charge on any atom is -0.497 e. The number of carbonyl (C=O) groups excluding carboxylic acids is 1. The van der Waals surface area contributed by atoms with Crippen molar-refractivity contribution in [1.82, 2.24) is 9.55 Å². The van der Waals surface area contributed by atoms with Crippen LogP contribution in [0.5, 0.6) is 5.75 Å². The largest absolute Gasteiger partial charge is 0.497 e. The Bertz CT molecular complexity index is 1140. The number of nitrogens with one attached hydrogen (secondary N) is 1. The summed E-state index contributed by atoms with van der Waals surface area (Å²) in [4.78, 5) is 30.1. The Balaban J connectivity index is 1.70. The third-order valence-electron chi connectivity index (χ3n) is 5.23. The number of ether oxygens (including phenoxy) is 2. The molecule has 31 heavy (non-hydrogen) atoms. The SMILES string of the molecule is COc1ccc(Cn2c3c(c(C(=O)Nc4ccc(Cl)cn4)cc2=O)CCOCC3)cc1. The van der Waals surface area contributed by atoms with Gasteiger partial charge in [0.1, 0.15) is 11.6 Å². The number of anilines is 1. The Hall–Kier alpha value is -3.16. The van der Waals surface area contributed by atoms with Gasteiger partial charge in [-0.1, -0.05) is 23.7 Å². The van der Waals surface area contributed by atoms with Crippen LogP contribution in [-0.4, -0.2) is 35.8 Å². The number of methoxy groups -OCH3 is 1. The minimum absolute atomic E-state index is 0.231. The normalized spacial score (nSPS) is 13.2. The van der Waals surface area contributed by atoms with Gasteiger partial charge in [-0.3, -0.25) is 9.59 Å². The molecule has 8 heteroatoms. The number of halogens is 1. The molecule has 160 valence electrons. The fourth-order valence-corrected chi connectivity index (χ4v) is 3.78. The van der Waals surface area contributed by atoms with Crippen LogP contribution in [0.1, 0.15) is 27.2 Å². The molecule has 0 aliphatic carbocycles. The van der Waals surface area contributed by atoms with Gasteiger partial charge in [0.2, 0.25) is 0 Å². The molecule has 0 spiro atoms. The average Bonchev–Trinajstić information content (AvgIpc) is 3.03. The lowest BCUT2D eigenvalue weighted by atomic mass is 10.0. The predicted octanol–water partition coefficient (Wildman–Crippen LogP) is 3.32. The molecular formula is C23H22ClN3O4. The molecule has 0 fully saturated rings. The van der Waals surface area contributed by atoms with E-state index in [0.29, 0.717) is 49.0 Å². The molecule has 3 aromatic rings. The second-order valence-electron chi connectivity index (χ2n) is 7.18. The van der Waals surface area contributed by atoms with E-state index in [2.05, 4.69) is 10.3 Å². The molecule has 0 unspecified atom stereocenters. The first-order valence-electron chi connectivity index (χ1n) is 9.94. The van der Waals surface area contributed by atoms with Crippen molar-refractivity contribution >= 4 is 23.3 Å². The number of nitrogens with zero attached hydrogens (tertiary/aromatic N) is 2. The van der Waals surface area contributed by atoms with Gasteiger partial charge in [0, 0.05) is 24.4 Å². The Morgan fingerprint density at radius 2 is 1.97 bits per heavy atom. The summed E-state index contributed by atoms with van der Waals surface area (Å²) < 4.78 is 12.6. The summed E-state index contributed by atoms with van der Waals surface area (Å²) >= 11 is 5.86. The Morgan fingerprint density at radius 3 is 2.68 bits per heavy atom. The summed E-state index contributed by atoms with van der Waals surface area (Å²) in [6, 6.07) is 12.2. The lowest BCUT2D eigenvalue weighted by molar-refractivity contribution is 0.102. The van der Waals surface area contributed by atoms with Crippen molar-refractivity contribution in [2.24, 2.45) is 0 Å². The van der Waals surface area contributed by atoms with Gasteiger partial charge in [0.25, 0.3) is 11.5 Å². The maximum atomic E-state index is 13.0. The zero-order chi connectivity index (χ0) is 21.8. The number of amides is 1. The summed E-state index contributed by atoms with van der Waals surface area (Å²) in [6.07, 6.45) is 2.56. The summed E-state index contributed by atoms with van der Waals surface area (Å²) in [5.41, 5.74) is 2.75. The van der Waals surface area contributed by atoms with Gasteiger partial charge < -0.3 is 19.4 Å². The molecule has 1 aliphatic rings. The second-order valence-corrected chi connectivity index (χ2v) is 7.62. The highest BCUT2D eigenvalue weighted by atomic mass is 35.5. The quantitative estimate of drug-likeness (QED) is 0.659. The standard InChI is InChI=1S/C23H22ClN3O4/c1-30-17-5-2-15(3-6-17)14-27-20-9-11-31-10-8-18(20)19(12-22(27)28)23(29)26-21-7-4-16(24)13-25-21/h2-7,12-13H,8-11,14H2,1H3,(H,25,26,29). The molecule has 4 rings (SSSR count). The third-order valence-corrected chi connectivity index (χ3v) is 5.45. The molecule has 2 aromatic heterocycles. The zero-order valence-electron chi connectivity index (χ0n) is 17.1. The number of aromatic nitrogens is 2. The molecule has 7 nitrogen and oxygen atoms in total. The van der Waals surface area contributed by atoms with Crippen molar-refractivity contribution in [2.45, 2.75) is 19.4 Å². The van der Waals surface area contributed by atoms with Crippen molar-refractivity contribution in [3.05, 3.63) is 86.4 Å². The molecule has 0 saturated heterocycles. The first-order valence-corrected chi connectivity index (χ1v) is 10.3. The maximum absolute atomic E-state index is 13.0. The third kappa shape index (κ3) is 4.78. The first kappa shape index (κ1) is 21.1. The number of hydrogen-bond donors (Lipinski definition) is 1. The van der Waals surface area contributed by atoms with E-state index >= 15 is 0 Å². The smallest absolute Gasteiger partial charge is 0.257 e. The molecule has 3 heterocycles. The van der Waals surface area contributed by atoms with Crippen molar-refractivity contribution in [3.8, 4) is 5.75 Å². The summed E-state index contributed by atoms with van der Waals surface area (Å²) in [7, 11) is 1.61. The van der Waals surface area contributed by atoms with E-state index in [-0.39, 0.29) is 11.5 Å². The number of benzene rings is 1. The van der Waals surface area contributed by atoms with E-state index in [1.807, 2.05) is 24.3 Å². The molecule has 0 saturated carbocycles. The van der Waals surface area contributed by atoms with E-state index < -0.39 is 0 Å². The molecule has 0 radical (unpaired) electrons. The summed E-state index contributed by atoms with van der Waals surface area (Å²) in [5.74, 6) is 0.753. The van der Waals surface area contributed by atoms with Crippen LogP contribution in [0.25, 0.3) is 0 Å². The van der Waals surface area contributed by atoms with Crippen LogP contribution in [0.15, 0.2) is 53.5 Å². The van der Waals surface area contributed by atoms with Crippen LogP contribution in [-0.2, 0) is 24.1 Å². The number of rotatable bonds is 5. The van der Waals surface area contributed by atoms with Crippen LogP contribution in [0.2, 0.25) is 5.02 Å². The molecule has 1 aliphatic heterocycles. The fourth-order valence-electron chi connectivity index (χ4n) is 3.67. The monoisotopic (exact) mass is 439 g/mol. The van der Waals surface area contributed by atoms with Crippen LogP contribution < -0.4 is 15.6 Å². The molecule has 1 aromatic carbocycles. The topological polar surface area (TPSA) is 82.5 Å². The fraction of sp³-hybridized carbons (Fsp3) is 0.261. The summed E-state index contributed by atoms with van der Waals surface area (Å²) in [5, 5.41) is 3.23. The number of hydrogen-bond acceptors (Lipinski definition) is 5. The van der Waals surface area contributed by atoms with Gasteiger partial charge in [0.05, 0.1) is 37.5 Å². The van der Waals surface area contributed by atoms with Crippen molar-refractivity contribution in [2.75, 3.05) is 25.6 Å². The lowest BCUT2D eigenvalue weighted by Gasteiger charge is -2.18. The van der Waals surface area contributed by atoms with E-state index in [0.717, 1.165) is 22.6 Å². The van der Waals surface area contributed by atoms with Gasteiger partial charge in [-0.15, -0.1) is 0 Å². The second kappa shape index (κ2) is 9.32. The van der Waals surface area contributed by atoms with Gasteiger partial charge in [0.15, 0.2) is 0 Å². The highest BCUT2D eigenvalue weighted by Gasteiger charge is 2.22. The highest BCUT2D eigenvalue weighted by molar-refractivity contribution is 6.30. The average molecular weight is 440 g/mol. The zero-order valence-corrected chi connectivity index (χ0v) is 17.8. The number of pyridine rings is 2. The maximum Gasteiger partial charge on any atom is 0.257 e. The van der Waals surface area contributed by atoms with E-state index in [9.17, 15) is 9.59 Å². The van der Waals surface area contributed by atoms with Crippen LogP contribution in [0, 0.1) is 0 Å². The Kier molecular flexibility index (Phi) is 6.34. The Labute approximate surface area is 184 Å². The van der Waals surface area contributed by atoms with Crippen molar-refractivity contribution < 1.29 is 14.3 Å². The van der Waals surface area contributed by atoms with Gasteiger partial charge in [-0.2, -0.15) is 0 Å². The van der Waals surface area contributed by atoms with Crippen LogP contribution >= 0.6 is 11.6 Å². The van der Waals surface area contributed by atoms with E-state index in [1.165, 1.54) is 12.3 Å².